The molecule has 2 aromatic rings. The second-order valence-corrected chi connectivity index (χ2v) is 4.83. The maximum Gasteiger partial charge on any atom is 0.165 e. The van der Waals surface area contributed by atoms with Gasteiger partial charge in [-0.3, -0.25) is 4.98 Å². The van der Waals surface area contributed by atoms with E-state index in [0.717, 1.165) is 17.7 Å². The van der Waals surface area contributed by atoms with Gasteiger partial charge in [0.25, 0.3) is 0 Å². The van der Waals surface area contributed by atoms with Crippen molar-refractivity contribution < 1.29 is 9.13 Å². The van der Waals surface area contributed by atoms with Crippen molar-refractivity contribution in [2.75, 3.05) is 7.11 Å². The Morgan fingerprint density at radius 3 is 2.68 bits per heavy atom. The van der Waals surface area contributed by atoms with E-state index in [0.29, 0.717) is 5.92 Å². The Kier molecular flexibility index (Phi) is 2.95. The van der Waals surface area contributed by atoms with Gasteiger partial charge in [0.2, 0.25) is 0 Å². The van der Waals surface area contributed by atoms with Crippen LogP contribution in [-0.2, 0) is 0 Å². The molecule has 2 N–H and O–H groups in total. The van der Waals surface area contributed by atoms with E-state index in [1.807, 2.05) is 18.3 Å². The molecular weight excluding hydrogens is 243 g/mol. The van der Waals surface area contributed by atoms with Crippen LogP contribution in [0.25, 0.3) is 11.3 Å². The Morgan fingerprint density at radius 2 is 2.11 bits per heavy atom. The van der Waals surface area contributed by atoms with Gasteiger partial charge in [0.1, 0.15) is 0 Å². The van der Waals surface area contributed by atoms with Gasteiger partial charge in [0.05, 0.1) is 12.8 Å². The molecule has 0 aliphatic heterocycles. The number of benzene rings is 1. The molecule has 1 fully saturated rings. The fourth-order valence-electron chi connectivity index (χ4n) is 2.21. The summed E-state index contributed by atoms with van der Waals surface area (Å²) in [5, 5.41) is 0. The molecule has 4 heteroatoms. The minimum absolute atomic E-state index is 0.229. The zero-order valence-electron chi connectivity index (χ0n) is 10.6. The van der Waals surface area contributed by atoms with Gasteiger partial charge in [-0.1, -0.05) is 6.07 Å². The first kappa shape index (κ1) is 12.1. The van der Waals surface area contributed by atoms with Crippen LogP contribution < -0.4 is 10.5 Å². The van der Waals surface area contributed by atoms with Gasteiger partial charge in [-0.05, 0) is 36.2 Å². The molecule has 3 rings (SSSR count). The molecule has 1 aromatic carbocycles. The van der Waals surface area contributed by atoms with Crippen LogP contribution in [0.5, 0.6) is 5.75 Å². The molecule has 0 saturated heterocycles. The van der Waals surface area contributed by atoms with Gasteiger partial charge in [0, 0.05) is 23.7 Å². The van der Waals surface area contributed by atoms with Crippen molar-refractivity contribution in [3.63, 3.8) is 0 Å². The smallest absolute Gasteiger partial charge is 0.165 e. The lowest BCUT2D eigenvalue weighted by Gasteiger charge is -2.06. The van der Waals surface area contributed by atoms with Crippen molar-refractivity contribution in [1.82, 2.24) is 4.98 Å². The summed E-state index contributed by atoms with van der Waals surface area (Å²) in [6, 6.07) is 8.99. The summed E-state index contributed by atoms with van der Waals surface area (Å²) >= 11 is 0. The highest BCUT2D eigenvalue weighted by Gasteiger charge is 2.34. The first-order chi connectivity index (χ1) is 9.19. The maximum absolute atomic E-state index is 13.3. The van der Waals surface area contributed by atoms with Crippen LogP contribution in [0.1, 0.15) is 17.9 Å². The normalized spacial score (nSPS) is 21.2. The average molecular weight is 258 g/mol. The van der Waals surface area contributed by atoms with E-state index >= 15 is 0 Å². The molecule has 0 amide bonds. The van der Waals surface area contributed by atoms with Crippen LogP contribution in [0.15, 0.2) is 36.5 Å². The predicted octanol–water partition coefficient (Wildman–Crippen LogP) is 2.71. The Bertz CT molecular complexity index is 598. The lowest BCUT2D eigenvalue weighted by molar-refractivity contribution is 0.387. The van der Waals surface area contributed by atoms with Crippen LogP contribution in [0.3, 0.4) is 0 Å². The Hall–Kier alpha value is -1.94. The van der Waals surface area contributed by atoms with Crippen LogP contribution in [0, 0.1) is 5.82 Å². The largest absolute Gasteiger partial charge is 0.494 e. The van der Waals surface area contributed by atoms with Crippen molar-refractivity contribution in [2.45, 2.75) is 18.4 Å². The Morgan fingerprint density at radius 1 is 1.32 bits per heavy atom. The molecule has 0 spiro atoms. The summed E-state index contributed by atoms with van der Waals surface area (Å²) in [6.07, 6.45) is 2.88. The van der Waals surface area contributed by atoms with E-state index in [9.17, 15) is 4.39 Å². The number of hydrogen-bond donors (Lipinski definition) is 1. The van der Waals surface area contributed by atoms with Crippen molar-refractivity contribution in [2.24, 2.45) is 5.73 Å². The highest BCUT2D eigenvalue weighted by Crippen LogP contribution is 2.39. The highest BCUT2D eigenvalue weighted by atomic mass is 19.1. The van der Waals surface area contributed by atoms with Gasteiger partial charge in [-0.2, -0.15) is 0 Å². The van der Waals surface area contributed by atoms with Gasteiger partial charge >= 0.3 is 0 Å². The van der Waals surface area contributed by atoms with Crippen LogP contribution >= 0.6 is 0 Å². The molecule has 1 aromatic heterocycles. The zero-order valence-corrected chi connectivity index (χ0v) is 10.6. The van der Waals surface area contributed by atoms with Crippen molar-refractivity contribution >= 4 is 0 Å². The summed E-state index contributed by atoms with van der Waals surface area (Å²) in [4.78, 5) is 4.42. The van der Waals surface area contributed by atoms with Crippen molar-refractivity contribution in [1.29, 1.82) is 0 Å². The van der Waals surface area contributed by atoms with Crippen molar-refractivity contribution in [3.8, 4) is 17.0 Å². The van der Waals surface area contributed by atoms with E-state index in [1.54, 1.807) is 12.1 Å². The number of rotatable bonds is 3. The molecule has 1 heterocycles. The molecule has 2 atom stereocenters. The monoisotopic (exact) mass is 258 g/mol. The summed E-state index contributed by atoms with van der Waals surface area (Å²) in [5.41, 5.74) is 8.63. The summed E-state index contributed by atoms with van der Waals surface area (Å²) in [6.45, 7) is 0. The number of halogens is 1. The summed E-state index contributed by atoms with van der Waals surface area (Å²) < 4.78 is 18.3. The maximum atomic E-state index is 13.3. The van der Waals surface area contributed by atoms with Gasteiger partial charge in [-0.15, -0.1) is 0 Å². The minimum Gasteiger partial charge on any atom is -0.494 e. The molecule has 1 saturated carbocycles. The zero-order chi connectivity index (χ0) is 13.4. The quantitative estimate of drug-likeness (QED) is 0.920. The van der Waals surface area contributed by atoms with Gasteiger partial charge in [0.15, 0.2) is 11.6 Å². The lowest BCUT2D eigenvalue weighted by Crippen LogP contribution is -2.01. The average Bonchev–Trinajstić information content (AvgIpc) is 3.17. The van der Waals surface area contributed by atoms with E-state index < -0.39 is 0 Å². The van der Waals surface area contributed by atoms with Crippen molar-refractivity contribution in [3.05, 3.63) is 47.9 Å². The van der Waals surface area contributed by atoms with E-state index in [1.165, 1.54) is 18.7 Å². The predicted molar refractivity (Wildman–Crippen MR) is 71.5 cm³/mol. The SMILES string of the molecule is COc1cc(-c2ccc([C@H]3C[C@@H]3N)cn2)ccc1F. The minimum atomic E-state index is -0.369. The fourth-order valence-corrected chi connectivity index (χ4v) is 2.21. The number of pyridine rings is 1. The molecule has 0 unspecified atom stereocenters. The number of nitrogens with two attached hydrogens (primary N) is 1. The standard InChI is InChI=1S/C15H15FN2O/c1-19-15-6-9(2-4-12(15)16)14-5-3-10(8-18-14)11-7-13(11)17/h2-6,8,11,13H,7,17H2,1H3/t11-,13+/m1/s1. The summed E-state index contributed by atoms with van der Waals surface area (Å²) in [7, 11) is 1.45. The van der Waals surface area contributed by atoms with E-state index in [2.05, 4.69) is 4.98 Å². The first-order valence-electron chi connectivity index (χ1n) is 6.24. The number of nitrogens with zero attached hydrogens (tertiary/aromatic N) is 1. The third-order valence-corrected chi connectivity index (χ3v) is 3.50. The topological polar surface area (TPSA) is 48.1 Å². The molecular formula is C15H15FN2O. The molecule has 0 bridgehead atoms. The second-order valence-electron chi connectivity index (χ2n) is 4.83. The first-order valence-corrected chi connectivity index (χ1v) is 6.24. The molecule has 19 heavy (non-hydrogen) atoms. The lowest BCUT2D eigenvalue weighted by atomic mass is 10.1. The van der Waals surface area contributed by atoms with E-state index in [-0.39, 0.29) is 17.6 Å². The third-order valence-electron chi connectivity index (χ3n) is 3.50. The molecule has 1 aliphatic carbocycles. The fraction of sp³-hybridized carbons (Fsp3) is 0.267. The molecule has 0 radical (unpaired) electrons. The van der Waals surface area contributed by atoms with E-state index in [4.69, 9.17) is 10.5 Å². The number of hydrogen-bond acceptors (Lipinski definition) is 3. The Balaban J connectivity index is 1.89. The van der Waals surface area contributed by atoms with Crippen LogP contribution in [0.2, 0.25) is 0 Å². The highest BCUT2D eigenvalue weighted by molar-refractivity contribution is 5.61. The summed E-state index contributed by atoms with van der Waals surface area (Å²) in [5.74, 6) is 0.309. The van der Waals surface area contributed by atoms with Crippen LogP contribution in [0.4, 0.5) is 4.39 Å². The Labute approximate surface area is 111 Å². The number of methoxy groups -OCH3 is 1. The van der Waals surface area contributed by atoms with Crippen LogP contribution in [-0.4, -0.2) is 18.1 Å². The molecule has 98 valence electrons. The molecule has 1 aliphatic rings. The van der Waals surface area contributed by atoms with Gasteiger partial charge in [-0.25, -0.2) is 4.39 Å². The molecule has 3 nitrogen and oxygen atoms in total. The number of aromatic nitrogens is 1. The third kappa shape index (κ3) is 2.31. The van der Waals surface area contributed by atoms with Gasteiger partial charge < -0.3 is 10.5 Å². The second kappa shape index (κ2) is 4.63. The number of ether oxygens (including phenoxy) is 1.